The normalized spacial score (nSPS) is 12.0. The molecule has 2 aromatic carbocycles. The molecule has 0 saturated carbocycles. The molecule has 0 aliphatic carbocycles. The summed E-state index contributed by atoms with van der Waals surface area (Å²) in [7, 11) is 4.80. The summed E-state index contributed by atoms with van der Waals surface area (Å²) in [6.45, 7) is 10.6. The van der Waals surface area contributed by atoms with Gasteiger partial charge in [0.05, 0.1) is 32.4 Å². The molecule has 0 radical (unpaired) electrons. The van der Waals surface area contributed by atoms with Crippen LogP contribution in [0, 0.1) is 6.92 Å². The molecule has 0 aliphatic heterocycles. The van der Waals surface area contributed by atoms with E-state index in [0.717, 1.165) is 64.0 Å². The highest BCUT2D eigenvalue weighted by Gasteiger charge is 2.21. The predicted octanol–water partition coefficient (Wildman–Crippen LogP) is 8.72. The number of esters is 1. The van der Waals surface area contributed by atoms with Crippen molar-refractivity contribution in [3.05, 3.63) is 64.1 Å². The number of nitrogens with zero attached hydrogens (tertiary/aromatic N) is 3. The van der Waals surface area contributed by atoms with Gasteiger partial charge in [-0.05, 0) is 81.7 Å². The van der Waals surface area contributed by atoms with Crippen LogP contribution in [0.4, 0.5) is 10.6 Å². The molecule has 2 heterocycles. The van der Waals surface area contributed by atoms with Crippen LogP contribution in [0.25, 0.3) is 22.0 Å². The Balaban J connectivity index is 1.46. The number of hydrogen-bond donors (Lipinski definition) is 1. The molecule has 0 fully saturated rings. The summed E-state index contributed by atoms with van der Waals surface area (Å²) >= 11 is 1.67. The Bertz CT molecular complexity index is 1700. The van der Waals surface area contributed by atoms with Gasteiger partial charge in [-0.15, -0.1) is 11.3 Å². The van der Waals surface area contributed by atoms with E-state index in [1.54, 1.807) is 30.4 Å². The summed E-state index contributed by atoms with van der Waals surface area (Å²) in [4.78, 5) is 36.1. The number of fused-ring (bicyclic) bond motifs is 1. The van der Waals surface area contributed by atoms with E-state index in [1.165, 1.54) is 7.11 Å². The number of methoxy groups -OCH3 is 2. The second-order valence-corrected chi connectivity index (χ2v) is 13.8. The zero-order valence-electron chi connectivity index (χ0n) is 29.3. The van der Waals surface area contributed by atoms with Crippen molar-refractivity contribution in [2.24, 2.45) is 0 Å². The molecule has 4 aromatic rings. The lowest BCUT2D eigenvalue weighted by molar-refractivity contribution is -0.140. The number of benzene rings is 2. The number of unbranched alkanes of at least 4 members (excludes halogenated alkanes) is 3. The fraction of sp³-hybridized carbons (Fsp3) is 0.459. The smallest absolute Gasteiger partial charge is 0.410 e. The number of carbonyl (C=O) groups is 2. The van der Waals surface area contributed by atoms with Gasteiger partial charge in [0, 0.05) is 36.3 Å². The fourth-order valence-corrected chi connectivity index (χ4v) is 6.16. The molecule has 258 valence electrons. The maximum Gasteiger partial charge on any atom is 0.410 e. The zero-order valence-corrected chi connectivity index (χ0v) is 30.2. The van der Waals surface area contributed by atoms with Crippen LogP contribution in [0.3, 0.4) is 0 Å². The van der Waals surface area contributed by atoms with E-state index in [0.29, 0.717) is 36.9 Å². The van der Waals surface area contributed by atoms with E-state index in [1.807, 2.05) is 58.0 Å². The van der Waals surface area contributed by atoms with E-state index < -0.39 is 5.60 Å². The van der Waals surface area contributed by atoms with Crippen LogP contribution in [0.5, 0.6) is 11.5 Å². The van der Waals surface area contributed by atoms with Gasteiger partial charge in [-0.25, -0.2) is 14.8 Å². The number of hydrogen-bond acceptors (Lipinski definition) is 10. The molecule has 11 heteroatoms. The second-order valence-electron chi connectivity index (χ2n) is 12.8. The van der Waals surface area contributed by atoms with Gasteiger partial charge in [-0.1, -0.05) is 37.1 Å². The minimum absolute atomic E-state index is 0.0426. The third-order valence-electron chi connectivity index (χ3n) is 7.69. The van der Waals surface area contributed by atoms with Crippen LogP contribution in [0.2, 0.25) is 0 Å². The maximum absolute atomic E-state index is 12.6. The van der Waals surface area contributed by atoms with Crippen LogP contribution in [0.15, 0.2) is 47.8 Å². The van der Waals surface area contributed by atoms with Gasteiger partial charge < -0.3 is 29.2 Å². The molecule has 0 unspecified atom stereocenters. The Kier molecular flexibility index (Phi) is 12.6. The topological polar surface area (TPSA) is 112 Å². The lowest BCUT2D eigenvalue weighted by Crippen LogP contribution is -2.33. The lowest BCUT2D eigenvalue weighted by atomic mass is 10.0. The average molecular weight is 677 g/mol. The molecule has 48 heavy (non-hydrogen) atoms. The summed E-state index contributed by atoms with van der Waals surface area (Å²) in [5, 5.41) is 6.59. The first-order valence-electron chi connectivity index (χ1n) is 16.3. The SMILES string of the molecule is COC(=O)CCCCCCOc1cc2nc(C)nc(N[C@@H](C)c3cc(-c4ccccc4CN(C)C(=O)OC(C)(C)C)cs3)c2cc1OC. The maximum atomic E-state index is 12.6. The van der Waals surface area contributed by atoms with Crippen LogP contribution < -0.4 is 14.8 Å². The number of ether oxygens (including phenoxy) is 4. The molecule has 1 atom stereocenters. The number of aromatic nitrogens is 2. The van der Waals surface area contributed by atoms with Gasteiger partial charge >= 0.3 is 12.1 Å². The number of anilines is 1. The summed E-state index contributed by atoms with van der Waals surface area (Å²) in [5.74, 6) is 2.44. The molecule has 0 aliphatic rings. The average Bonchev–Trinajstić information content (AvgIpc) is 3.53. The number of thiophene rings is 1. The highest BCUT2D eigenvalue weighted by molar-refractivity contribution is 7.10. The monoisotopic (exact) mass is 676 g/mol. The molecule has 0 spiro atoms. The third kappa shape index (κ3) is 10.1. The summed E-state index contributed by atoms with van der Waals surface area (Å²) in [6, 6.07) is 14.1. The summed E-state index contributed by atoms with van der Waals surface area (Å²) < 4.78 is 22.1. The standard InChI is InChI=1S/C37H48N4O6S/c1-24(33-19-27(23-48-33)28-16-13-12-15-26(28)22-41(6)36(43)47-37(3,4)5)38-35-29-20-31(44-7)32(21-30(29)39-25(2)40-35)46-18-14-10-9-11-17-34(42)45-8/h12-13,15-16,19-21,23-24H,9-11,14,17-18,22H2,1-8H3,(H,38,39,40)/t24-/m0/s1. The van der Waals surface area contributed by atoms with Crippen LogP contribution in [-0.2, 0) is 20.8 Å². The van der Waals surface area contributed by atoms with Crippen molar-refractivity contribution in [2.45, 2.75) is 84.9 Å². The minimum Gasteiger partial charge on any atom is -0.493 e. The molecular weight excluding hydrogens is 628 g/mol. The highest BCUT2D eigenvalue weighted by atomic mass is 32.1. The number of aryl methyl sites for hydroxylation is 1. The van der Waals surface area contributed by atoms with Crippen molar-refractivity contribution >= 4 is 40.1 Å². The molecule has 0 saturated heterocycles. The van der Waals surface area contributed by atoms with Gasteiger partial charge in [0.1, 0.15) is 17.2 Å². The van der Waals surface area contributed by atoms with Crippen molar-refractivity contribution in [3.63, 3.8) is 0 Å². The van der Waals surface area contributed by atoms with Gasteiger partial charge in [-0.2, -0.15) is 0 Å². The number of amides is 1. The van der Waals surface area contributed by atoms with Crippen molar-refractivity contribution in [3.8, 4) is 22.6 Å². The van der Waals surface area contributed by atoms with Crippen LogP contribution in [0.1, 0.15) is 82.1 Å². The first-order valence-corrected chi connectivity index (χ1v) is 17.2. The Morgan fingerprint density at radius 1 is 1.00 bits per heavy atom. The largest absolute Gasteiger partial charge is 0.493 e. The number of rotatable bonds is 15. The van der Waals surface area contributed by atoms with Crippen LogP contribution in [-0.4, -0.2) is 60.4 Å². The van der Waals surface area contributed by atoms with Crippen molar-refractivity contribution in [2.75, 3.05) is 33.2 Å². The first-order chi connectivity index (χ1) is 22.9. The molecular formula is C37H48N4O6S. The van der Waals surface area contributed by atoms with E-state index in [4.69, 9.17) is 23.9 Å². The molecule has 1 amide bonds. The molecule has 2 aromatic heterocycles. The number of nitrogens with one attached hydrogen (secondary N) is 1. The van der Waals surface area contributed by atoms with E-state index >= 15 is 0 Å². The minimum atomic E-state index is -0.555. The van der Waals surface area contributed by atoms with E-state index in [9.17, 15) is 9.59 Å². The summed E-state index contributed by atoms with van der Waals surface area (Å²) in [5.41, 5.74) is 3.41. The summed E-state index contributed by atoms with van der Waals surface area (Å²) in [6.07, 6.45) is 3.66. The van der Waals surface area contributed by atoms with Crippen molar-refractivity contribution in [1.29, 1.82) is 0 Å². The predicted molar refractivity (Wildman–Crippen MR) is 191 cm³/mol. The molecule has 4 rings (SSSR count). The Labute approximate surface area is 287 Å². The van der Waals surface area contributed by atoms with Crippen molar-refractivity contribution < 1.29 is 28.5 Å². The fourth-order valence-electron chi connectivity index (χ4n) is 5.24. The van der Waals surface area contributed by atoms with E-state index in [-0.39, 0.29) is 18.1 Å². The van der Waals surface area contributed by atoms with Gasteiger partial charge in [-0.3, -0.25) is 4.79 Å². The zero-order chi connectivity index (χ0) is 34.8. The van der Waals surface area contributed by atoms with Gasteiger partial charge in [0.2, 0.25) is 0 Å². The first kappa shape index (κ1) is 36.5. The molecule has 0 bridgehead atoms. The van der Waals surface area contributed by atoms with Gasteiger partial charge in [0.25, 0.3) is 0 Å². The van der Waals surface area contributed by atoms with Crippen LogP contribution >= 0.6 is 11.3 Å². The Morgan fingerprint density at radius 2 is 1.75 bits per heavy atom. The Hall–Kier alpha value is -4.38. The van der Waals surface area contributed by atoms with Gasteiger partial charge in [0.15, 0.2) is 11.5 Å². The quantitative estimate of drug-likeness (QED) is 0.0976. The molecule has 1 N–H and O–H groups in total. The highest BCUT2D eigenvalue weighted by Crippen LogP contribution is 2.37. The van der Waals surface area contributed by atoms with Crippen molar-refractivity contribution in [1.82, 2.24) is 14.9 Å². The lowest BCUT2D eigenvalue weighted by Gasteiger charge is -2.25. The van der Waals surface area contributed by atoms with E-state index in [2.05, 4.69) is 34.7 Å². The third-order valence-corrected chi connectivity index (χ3v) is 8.81. The Morgan fingerprint density at radius 3 is 2.48 bits per heavy atom. The molecule has 10 nitrogen and oxygen atoms in total. The number of carbonyl (C=O) groups excluding carboxylic acids is 2. The second kappa shape index (κ2) is 16.6.